The lowest BCUT2D eigenvalue weighted by Crippen LogP contribution is -2.14. The number of aromatic nitrogens is 1. The van der Waals surface area contributed by atoms with Gasteiger partial charge in [-0.05, 0) is 35.7 Å². The van der Waals surface area contributed by atoms with Crippen molar-refractivity contribution in [3.8, 4) is 0 Å². The summed E-state index contributed by atoms with van der Waals surface area (Å²) in [5, 5.41) is 0.362. The van der Waals surface area contributed by atoms with Gasteiger partial charge in [0.2, 0.25) is 0 Å². The summed E-state index contributed by atoms with van der Waals surface area (Å²) in [5.41, 5.74) is 7.82. The first-order valence-corrected chi connectivity index (χ1v) is 5.64. The smallest absolute Gasteiger partial charge is 0.124 e. The molecule has 1 aromatic carbocycles. The van der Waals surface area contributed by atoms with Crippen LogP contribution in [0.2, 0.25) is 5.02 Å². The van der Waals surface area contributed by atoms with Gasteiger partial charge >= 0.3 is 0 Å². The highest BCUT2D eigenvalue weighted by atomic mass is 35.5. The van der Waals surface area contributed by atoms with Crippen molar-refractivity contribution < 1.29 is 4.39 Å². The van der Waals surface area contributed by atoms with Gasteiger partial charge in [0.05, 0.1) is 0 Å². The lowest BCUT2D eigenvalue weighted by Gasteiger charge is -2.13. The van der Waals surface area contributed by atoms with Crippen molar-refractivity contribution in [2.45, 2.75) is 12.5 Å². The zero-order valence-corrected chi connectivity index (χ0v) is 9.86. The minimum absolute atomic E-state index is 0.257. The van der Waals surface area contributed by atoms with E-state index in [1.54, 1.807) is 18.5 Å². The second kappa shape index (κ2) is 5.25. The Hall–Kier alpha value is -1.45. The Morgan fingerprint density at radius 1 is 1.35 bits per heavy atom. The van der Waals surface area contributed by atoms with Crippen molar-refractivity contribution in [1.29, 1.82) is 0 Å². The quantitative estimate of drug-likeness (QED) is 0.909. The molecule has 0 amide bonds. The number of hydrogen-bond acceptors (Lipinski definition) is 2. The molecular formula is C13H12ClFN2. The molecule has 2 aromatic rings. The monoisotopic (exact) mass is 250 g/mol. The molecule has 0 aliphatic heterocycles. The zero-order valence-electron chi connectivity index (χ0n) is 9.11. The van der Waals surface area contributed by atoms with Gasteiger partial charge < -0.3 is 5.73 Å². The number of benzene rings is 1. The average molecular weight is 251 g/mol. The third kappa shape index (κ3) is 3.02. The van der Waals surface area contributed by atoms with Gasteiger partial charge in [-0.15, -0.1) is 0 Å². The molecule has 17 heavy (non-hydrogen) atoms. The molecule has 1 aromatic heterocycles. The van der Waals surface area contributed by atoms with Gasteiger partial charge in [0.1, 0.15) is 5.82 Å². The number of hydrogen-bond donors (Lipinski definition) is 1. The van der Waals surface area contributed by atoms with Crippen LogP contribution in [0.15, 0.2) is 42.7 Å². The second-order valence-electron chi connectivity index (χ2n) is 3.84. The van der Waals surface area contributed by atoms with Crippen molar-refractivity contribution in [1.82, 2.24) is 4.98 Å². The van der Waals surface area contributed by atoms with Gasteiger partial charge in [0.25, 0.3) is 0 Å². The van der Waals surface area contributed by atoms with Crippen molar-refractivity contribution in [3.63, 3.8) is 0 Å². The Labute approximate surface area is 104 Å². The highest BCUT2D eigenvalue weighted by molar-refractivity contribution is 6.31. The molecule has 0 spiro atoms. The van der Waals surface area contributed by atoms with E-state index < -0.39 is 0 Å². The maximum absolute atomic E-state index is 12.9. The SMILES string of the molecule is NC(Cc1cccnc1)c1ccc(F)cc1Cl. The van der Waals surface area contributed by atoms with Crippen LogP contribution in [0, 0.1) is 5.82 Å². The Bertz CT molecular complexity index is 502. The van der Waals surface area contributed by atoms with E-state index in [9.17, 15) is 4.39 Å². The number of rotatable bonds is 3. The fraction of sp³-hybridized carbons (Fsp3) is 0.154. The number of nitrogens with two attached hydrogens (primary N) is 1. The van der Waals surface area contributed by atoms with E-state index in [-0.39, 0.29) is 11.9 Å². The Balaban J connectivity index is 2.17. The molecule has 0 aliphatic rings. The van der Waals surface area contributed by atoms with Gasteiger partial charge in [0.15, 0.2) is 0 Å². The second-order valence-corrected chi connectivity index (χ2v) is 4.24. The molecule has 88 valence electrons. The molecule has 1 unspecified atom stereocenters. The summed E-state index contributed by atoms with van der Waals surface area (Å²) >= 11 is 5.95. The summed E-state index contributed by atoms with van der Waals surface area (Å²) in [4.78, 5) is 4.02. The summed E-state index contributed by atoms with van der Waals surface area (Å²) < 4.78 is 12.9. The van der Waals surface area contributed by atoms with Crippen LogP contribution in [0.4, 0.5) is 4.39 Å². The first-order chi connectivity index (χ1) is 8.16. The molecule has 0 saturated carbocycles. The minimum atomic E-state index is -0.354. The van der Waals surface area contributed by atoms with Crippen LogP contribution < -0.4 is 5.73 Å². The third-order valence-electron chi connectivity index (χ3n) is 2.54. The predicted octanol–water partition coefficient (Wildman–Crippen LogP) is 3.12. The summed E-state index contributed by atoms with van der Waals surface area (Å²) in [5.74, 6) is -0.354. The number of nitrogens with zero attached hydrogens (tertiary/aromatic N) is 1. The molecular weight excluding hydrogens is 239 g/mol. The van der Waals surface area contributed by atoms with Crippen molar-refractivity contribution in [2.24, 2.45) is 5.73 Å². The highest BCUT2D eigenvalue weighted by Crippen LogP contribution is 2.24. The van der Waals surface area contributed by atoms with Crippen LogP contribution in [0.1, 0.15) is 17.2 Å². The predicted molar refractivity (Wildman–Crippen MR) is 66.3 cm³/mol. The van der Waals surface area contributed by atoms with Gasteiger partial charge in [-0.25, -0.2) is 4.39 Å². The van der Waals surface area contributed by atoms with Gasteiger partial charge in [-0.2, -0.15) is 0 Å². The maximum atomic E-state index is 12.9. The van der Waals surface area contributed by atoms with Crippen LogP contribution in [-0.2, 0) is 6.42 Å². The summed E-state index contributed by atoms with van der Waals surface area (Å²) in [6.45, 7) is 0. The highest BCUT2D eigenvalue weighted by Gasteiger charge is 2.11. The third-order valence-corrected chi connectivity index (χ3v) is 2.87. The summed E-state index contributed by atoms with van der Waals surface area (Å²) in [6.07, 6.45) is 4.09. The molecule has 2 rings (SSSR count). The van der Waals surface area contributed by atoms with Crippen LogP contribution >= 0.6 is 11.6 Å². The van der Waals surface area contributed by atoms with E-state index >= 15 is 0 Å². The molecule has 2 nitrogen and oxygen atoms in total. The Kier molecular flexibility index (Phi) is 3.71. The molecule has 0 bridgehead atoms. The number of halogens is 2. The fourth-order valence-corrected chi connectivity index (χ4v) is 1.99. The normalized spacial score (nSPS) is 12.4. The topological polar surface area (TPSA) is 38.9 Å². The molecule has 0 fully saturated rings. The van der Waals surface area contributed by atoms with E-state index in [0.29, 0.717) is 11.4 Å². The van der Waals surface area contributed by atoms with E-state index in [1.165, 1.54) is 12.1 Å². The van der Waals surface area contributed by atoms with Crippen molar-refractivity contribution in [2.75, 3.05) is 0 Å². The maximum Gasteiger partial charge on any atom is 0.124 e. The van der Waals surface area contributed by atoms with E-state index in [2.05, 4.69) is 4.98 Å². The fourth-order valence-electron chi connectivity index (χ4n) is 1.68. The standard InChI is InChI=1S/C13H12ClFN2/c14-12-7-10(15)3-4-11(12)13(16)6-9-2-1-5-17-8-9/h1-5,7-8,13H,6,16H2. The molecule has 0 saturated heterocycles. The average Bonchev–Trinajstić information content (AvgIpc) is 2.30. The van der Waals surface area contributed by atoms with Gasteiger partial charge in [0, 0.05) is 23.5 Å². The largest absolute Gasteiger partial charge is 0.324 e. The summed E-state index contributed by atoms with van der Waals surface area (Å²) in [6, 6.07) is 7.81. The van der Waals surface area contributed by atoms with Gasteiger partial charge in [-0.1, -0.05) is 23.7 Å². The van der Waals surface area contributed by atoms with Crippen LogP contribution in [0.25, 0.3) is 0 Å². The lowest BCUT2D eigenvalue weighted by atomic mass is 10.0. The van der Waals surface area contributed by atoms with Gasteiger partial charge in [-0.3, -0.25) is 4.98 Å². The summed E-state index contributed by atoms with van der Waals surface area (Å²) in [7, 11) is 0. The lowest BCUT2D eigenvalue weighted by molar-refractivity contribution is 0.624. The molecule has 0 radical (unpaired) electrons. The van der Waals surface area contributed by atoms with E-state index in [4.69, 9.17) is 17.3 Å². The molecule has 1 heterocycles. The Morgan fingerprint density at radius 3 is 2.82 bits per heavy atom. The molecule has 0 aliphatic carbocycles. The van der Waals surface area contributed by atoms with E-state index in [1.807, 2.05) is 12.1 Å². The van der Waals surface area contributed by atoms with Crippen LogP contribution in [0.3, 0.4) is 0 Å². The molecule has 4 heteroatoms. The first-order valence-electron chi connectivity index (χ1n) is 5.26. The van der Waals surface area contributed by atoms with Crippen LogP contribution in [0.5, 0.6) is 0 Å². The number of pyridine rings is 1. The Morgan fingerprint density at radius 2 is 2.18 bits per heavy atom. The molecule has 2 N–H and O–H groups in total. The minimum Gasteiger partial charge on any atom is -0.324 e. The zero-order chi connectivity index (χ0) is 12.3. The van der Waals surface area contributed by atoms with Crippen molar-refractivity contribution in [3.05, 3.63) is 64.7 Å². The van der Waals surface area contributed by atoms with Crippen LogP contribution in [-0.4, -0.2) is 4.98 Å². The van der Waals surface area contributed by atoms with Crippen molar-refractivity contribution >= 4 is 11.6 Å². The first kappa shape index (κ1) is 12.0. The van der Waals surface area contributed by atoms with E-state index in [0.717, 1.165) is 11.1 Å². The molecule has 1 atom stereocenters.